The molecule has 0 aliphatic heterocycles. The van der Waals surface area contributed by atoms with Gasteiger partial charge < -0.3 is 14.6 Å². The zero-order valence-corrected chi connectivity index (χ0v) is 19.7. The SMILES string of the molecule is Cc1noc(C)c1CSCC(=O)OCC(=O)Nc1cc(-c2ccccc2)nn1-c1ccccc1. The van der Waals surface area contributed by atoms with Gasteiger partial charge in [-0.1, -0.05) is 53.7 Å². The van der Waals surface area contributed by atoms with Crippen LogP contribution in [-0.2, 0) is 20.1 Å². The quantitative estimate of drug-likeness (QED) is 0.354. The van der Waals surface area contributed by atoms with Crippen LogP contribution >= 0.6 is 11.8 Å². The molecule has 0 fully saturated rings. The van der Waals surface area contributed by atoms with Crippen molar-refractivity contribution in [3.05, 3.63) is 83.7 Å². The molecule has 0 saturated carbocycles. The number of rotatable bonds is 9. The molecule has 0 saturated heterocycles. The predicted molar refractivity (Wildman–Crippen MR) is 131 cm³/mol. The summed E-state index contributed by atoms with van der Waals surface area (Å²) in [4.78, 5) is 24.6. The Hall–Kier alpha value is -3.85. The number of ether oxygens (including phenoxy) is 1. The summed E-state index contributed by atoms with van der Waals surface area (Å²) >= 11 is 1.38. The molecule has 0 radical (unpaired) electrons. The van der Waals surface area contributed by atoms with Crippen molar-refractivity contribution < 1.29 is 18.8 Å². The number of carbonyl (C=O) groups excluding carboxylic acids is 2. The summed E-state index contributed by atoms with van der Waals surface area (Å²) in [6.45, 7) is 3.31. The second-order valence-corrected chi connectivity index (χ2v) is 8.52. The van der Waals surface area contributed by atoms with Crippen molar-refractivity contribution in [2.24, 2.45) is 0 Å². The highest BCUT2D eigenvalue weighted by atomic mass is 32.2. The Balaban J connectivity index is 1.36. The Labute approximate surface area is 201 Å². The molecule has 34 heavy (non-hydrogen) atoms. The summed E-state index contributed by atoms with van der Waals surface area (Å²) in [5.74, 6) is 1.02. The number of hydrogen-bond donors (Lipinski definition) is 1. The number of aryl methyl sites for hydroxylation is 2. The summed E-state index contributed by atoms with van der Waals surface area (Å²) < 4.78 is 11.9. The molecular weight excluding hydrogens is 452 g/mol. The second kappa shape index (κ2) is 10.8. The van der Waals surface area contributed by atoms with Crippen LogP contribution in [0, 0.1) is 13.8 Å². The van der Waals surface area contributed by atoms with E-state index in [9.17, 15) is 9.59 Å². The van der Waals surface area contributed by atoms with Crippen molar-refractivity contribution in [3.8, 4) is 16.9 Å². The topological polar surface area (TPSA) is 99.2 Å². The maximum Gasteiger partial charge on any atom is 0.316 e. The average Bonchev–Trinajstić information content (AvgIpc) is 3.42. The number of para-hydroxylation sites is 1. The van der Waals surface area contributed by atoms with E-state index in [-0.39, 0.29) is 12.4 Å². The number of nitrogens with zero attached hydrogens (tertiary/aromatic N) is 3. The van der Waals surface area contributed by atoms with Crippen LogP contribution in [0.15, 0.2) is 71.3 Å². The van der Waals surface area contributed by atoms with E-state index < -0.39 is 11.9 Å². The summed E-state index contributed by atoms with van der Waals surface area (Å²) in [5.41, 5.74) is 4.22. The molecule has 4 rings (SSSR count). The van der Waals surface area contributed by atoms with E-state index in [1.807, 2.05) is 74.5 Å². The van der Waals surface area contributed by atoms with Gasteiger partial charge in [-0.25, -0.2) is 4.68 Å². The molecule has 0 spiro atoms. The van der Waals surface area contributed by atoms with Gasteiger partial charge in [-0.05, 0) is 26.0 Å². The first kappa shape index (κ1) is 23.3. The first-order valence-electron chi connectivity index (χ1n) is 10.7. The first-order valence-corrected chi connectivity index (χ1v) is 11.8. The number of carbonyl (C=O) groups is 2. The minimum Gasteiger partial charge on any atom is -0.455 e. The molecule has 0 bridgehead atoms. The van der Waals surface area contributed by atoms with Gasteiger partial charge in [-0.2, -0.15) is 5.10 Å². The average molecular weight is 477 g/mol. The fourth-order valence-corrected chi connectivity index (χ4v) is 4.27. The second-order valence-electron chi connectivity index (χ2n) is 7.53. The van der Waals surface area contributed by atoms with Crippen molar-refractivity contribution >= 4 is 29.5 Å². The summed E-state index contributed by atoms with van der Waals surface area (Å²) in [6, 6.07) is 21.0. The molecule has 0 unspecified atom stereocenters. The molecular formula is C25H24N4O4S. The predicted octanol–water partition coefficient (Wildman–Crippen LogP) is 4.56. The number of aromatic nitrogens is 3. The van der Waals surface area contributed by atoms with Crippen LogP contribution in [0.25, 0.3) is 16.9 Å². The maximum atomic E-state index is 12.5. The van der Waals surface area contributed by atoms with Crippen LogP contribution in [0.1, 0.15) is 17.0 Å². The first-order chi connectivity index (χ1) is 16.5. The van der Waals surface area contributed by atoms with Crippen LogP contribution in [0.3, 0.4) is 0 Å². The molecule has 2 aromatic heterocycles. The highest BCUT2D eigenvalue weighted by Gasteiger charge is 2.16. The molecule has 174 valence electrons. The molecule has 0 aliphatic carbocycles. The number of amides is 1. The number of nitrogens with one attached hydrogen (secondary N) is 1. The van der Waals surface area contributed by atoms with Crippen LogP contribution in [-0.4, -0.2) is 39.2 Å². The van der Waals surface area contributed by atoms with Crippen molar-refractivity contribution in [2.75, 3.05) is 17.7 Å². The van der Waals surface area contributed by atoms with Crippen LogP contribution in [0.4, 0.5) is 5.82 Å². The van der Waals surface area contributed by atoms with Gasteiger partial charge in [0.25, 0.3) is 5.91 Å². The van der Waals surface area contributed by atoms with Gasteiger partial charge in [-0.3, -0.25) is 9.59 Å². The molecule has 2 aromatic carbocycles. The molecule has 2 heterocycles. The molecule has 8 nitrogen and oxygen atoms in total. The lowest BCUT2D eigenvalue weighted by Gasteiger charge is -2.09. The lowest BCUT2D eigenvalue weighted by Crippen LogP contribution is -2.23. The van der Waals surface area contributed by atoms with Crippen molar-refractivity contribution in [3.63, 3.8) is 0 Å². The van der Waals surface area contributed by atoms with Crippen LogP contribution in [0.2, 0.25) is 0 Å². The molecule has 1 N–H and O–H groups in total. The highest BCUT2D eigenvalue weighted by molar-refractivity contribution is 7.99. The summed E-state index contributed by atoms with van der Waals surface area (Å²) in [6.07, 6.45) is 0. The Morgan fingerprint density at radius 3 is 2.44 bits per heavy atom. The third-order valence-electron chi connectivity index (χ3n) is 5.06. The number of anilines is 1. The monoisotopic (exact) mass is 476 g/mol. The van der Waals surface area contributed by atoms with Gasteiger partial charge in [0, 0.05) is 22.9 Å². The van der Waals surface area contributed by atoms with Gasteiger partial charge in [-0.15, -0.1) is 11.8 Å². The van der Waals surface area contributed by atoms with Crippen molar-refractivity contribution in [1.82, 2.24) is 14.9 Å². The van der Waals surface area contributed by atoms with E-state index in [0.717, 1.165) is 28.3 Å². The molecule has 0 aliphatic rings. The Morgan fingerprint density at radius 1 is 1.06 bits per heavy atom. The van der Waals surface area contributed by atoms with Crippen molar-refractivity contribution in [1.29, 1.82) is 0 Å². The summed E-state index contributed by atoms with van der Waals surface area (Å²) in [5, 5.41) is 11.4. The van der Waals surface area contributed by atoms with Gasteiger partial charge in [0.1, 0.15) is 11.6 Å². The van der Waals surface area contributed by atoms with Gasteiger partial charge in [0.05, 0.1) is 22.8 Å². The number of esters is 1. The Morgan fingerprint density at radius 2 is 1.76 bits per heavy atom. The zero-order valence-electron chi connectivity index (χ0n) is 18.9. The van der Waals surface area contributed by atoms with Gasteiger partial charge >= 0.3 is 5.97 Å². The standard InChI is InChI=1S/C25H24N4O4S/c1-17-21(18(2)33-28-17)15-34-16-25(31)32-14-24(30)26-23-13-22(19-9-5-3-6-10-19)27-29(23)20-11-7-4-8-12-20/h3-13H,14-16H2,1-2H3,(H,26,30). The van der Waals surface area contributed by atoms with E-state index >= 15 is 0 Å². The normalized spacial score (nSPS) is 10.8. The van der Waals surface area contributed by atoms with E-state index in [2.05, 4.69) is 15.6 Å². The Kier molecular flexibility index (Phi) is 7.44. The van der Waals surface area contributed by atoms with Crippen molar-refractivity contribution in [2.45, 2.75) is 19.6 Å². The third kappa shape index (κ3) is 5.74. The molecule has 9 heteroatoms. The van der Waals surface area contributed by atoms with Crippen LogP contribution < -0.4 is 5.32 Å². The number of thioether (sulfide) groups is 1. The molecule has 1 amide bonds. The minimum absolute atomic E-state index is 0.122. The largest absolute Gasteiger partial charge is 0.455 e. The van der Waals surface area contributed by atoms with E-state index in [4.69, 9.17) is 9.26 Å². The lowest BCUT2D eigenvalue weighted by atomic mass is 10.2. The maximum absolute atomic E-state index is 12.5. The molecule has 0 atom stereocenters. The highest BCUT2D eigenvalue weighted by Crippen LogP contribution is 2.25. The smallest absolute Gasteiger partial charge is 0.316 e. The van der Waals surface area contributed by atoms with E-state index in [1.165, 1.54) is 11.8 Å². The van der Waals surface area contributed by atoms with Gasteiger partial charge in [0.15, 0.2) is 6.61 Å². The third-order valence-corrected chi connectivity index (χ3v) is 5.99. The fraction of sp³-hybridized carbons (Fsp3) is 0.200. The van der Waals surface area contributed by atoms with Gasteiger partial charge in [0.2, 0.25) is 0 Å². The number of hydrogen-bond acceptors (Lipinski definition) is 7. The summed E-state index contributed by atoms with van der Waals surface area (Å²) in [7, 11) is 0. The minimum atomic E-state index is -0.464. The van der Waals surface area contributed by atoms with E-state index in [0.29, 0.717) is 17.3 Å². The molecule has 4 aromatic rings. The fourth-order valence-electron chi connectivity index (χ4n) is 3.30. The van der Waals surface area contributed by atoms with E-state index in [1.54, 1.807) is 10.7 Å². The lowest BCUT2D eigenvalue weighted by molar-refractivity contribution is -0.144. The van der Waals surface area contributed by atoms with Crippen LogP contribution in [0.5, 0.6) is 0 Å². The zero-order chi connectivity index (χ0) is 23.9. The Bertz CT molecular complexity index is 1250. The number of benzene rings is 2.